The number of H-pyrrole nitrogens is 1. The third kappa shape index (κ3) is 3.57. The van der Waals surface area contributed by atoms with Crippen LogP contribution in [0.15, 0.2) is 6.33 Å². The molecule has 7 heteroatoms. The molecule has 1 aromatic rings. The second-order valence-electron chi connectivity index (χ2n) is 5.27. The standard InChI is InChI=1S/C13H21N5O2/c1-9-2-5-18(6-3-9)7-4-15-13(20)11-10(12(14)19)16-8-17-11/h8-9H,2-7H2,1H3,(H2,14,19)(H,15,20)(H,16,17). The number of nitrogens with two attached hydrogens (primary N) is 1. The molecule has 0 aromatic carbocycles. The van der Waals surface area contributed by atoms with E-state index >= 15 is 0 Å². The lowest BCUT2D eigenvalue weighted by molar-refractivity contribution is 0.0923. The van der Waals surface area contributed by atoms with Crippen LogP contribution in [0.2, 0.25) is 0 Å². The minimum atomic E-state index is -0.707. The van der Waals surface area contributed by atoms with Crippen molar-refractivity contribution in [2.45, 2.75) is 19.8 Å². The molecule has 1 aliphatic heterocycles. The molecule has 0 radical (unpaired) electrons. The van der Waals surface area contributed by atoms with Crippen molar-refractivity contribution in [1.82, 2.24) is 20.2 Å². The number of hydrogen-bond donors (Lipinski definition) is 3. The Morgan fingerprint density at radius 1 is 1.50 bits per heavy atom. The number of rotatable bonds is 5. The Kier molecular flexibility index (Phi) is 4.73. The number of primary amides is 1. The summed E-state index contributed by atoms with van der Waals surface area (Å²) >= 11 is 0. The molecule has 0 unspecified atom stereocenters. The number of aromatic nitrogens is 2. The number of carbonyl (C=O) groups is 2. The quantitative estimate of drug-likeness (QED) is 0.704. The van der Waals surface area contributed by atoms with Gasteiger partial charge in [0.2, 0.25) is 0 Å². The maximum atomic E-state index is 11.9. The summed E-state index contributed by atoms with van der Waals surface area (Å²) in [6, 6.07) is 0. The molecule has 0 atom stereocenters. The fraction of sp³-hybridized carbons (Fsp3) is 0.615. The average molecular weight is 279 g/mol. The SMILES string of the molecule is CC1CCN(CCNC(=O)c2[nH]cnc2C(N)=O)CC1. The molecule has 110 valence electrons. The van der Waals surface area contributed by atoms with Crippen LogP contribution < -0.4 is 11.1 Å². The van der Waals surface area contributed by atoms with Crippen molar-refractivity contribution in [3.63, 3.8) is 0 Å². The maximum Gasteiger partial charge on any atom is 0.270 e. The van der Waals surface area contributed by atoms with Crippen LogP contribution in [0.5, 0.6) is 0 Å². The minimum Gasteiger partial charge on any atom is -0.364 e. The molecule has 1 fully saturated rings. The molecular weight excluding hydrogens is 258 g/mol. The van der Waals surface area contributed by atoms with Gasteiger partial charge in [-0.15, -0.1) is 0 Å². The van der Waals surface area contributed by atoms with Crippen LogP contribution in [0, 0.1) is 5.92 Å². The van der Waals surface area contributed by atoms with Crippen molar-refractivity contribution in [2.24, 2.45) is 11.7 Å². The van der Waals surface area contributed by atoms with E-state index in [4.69, 9.17) is 5.73 Å². The third-order valence-electron chi connectivity index (χ3n) is 3.69. The van der Waals surface area contributed by atoms with Crippen LogP contribution in [-0.4, -0.2) is 52.9 Å². The summed E-state index contributed by atoms with van der Waals surface area (Å²) in [5, 5.41) is 2.78. The highest BCUT2D eigenvalue weighted by Crippen LogP contribution is 2.15. The molecule has 1 aliphatic rings. The van der Waals surface area contributed by atoms with E-state index in [-0.39, 0.29) is 17.3 Å². The molecule has 7 nitrogen and oxygen atoms in total. The van der Waals surface area contributed by atoms with Gasteiger partial charge in [0.1, 0.15) is 5.69 Å². The lowest BCUT2D eigenvalue weighted by atomic mass is 9.99. The zero-order valence-corrected chi connectivity index (χ0v) is 11.7. The van der Waals surface area contributed by atoms with Crippen molar-refractivity contribution >= 4 is 11.8 Å². The lowest BCUT2D eigenvalue weighted by Gasteiger charge is -2.30. The first-order valence-electron chi connectivity index (χ1n) is 6.91. The van der Waals surface area contributed by atoms with Crippen LogP contribution in [0.1, 0.15) is 40.7 Å². The Morgan fingerprint density at radius 2 is 2.20 bits per heavy atom. The minimum absolute atomic E-state index is 0.0192. The van der Waals surface area contributed by atoms with E-state index in [0.29, 0.717) is 6.54 Å². The topological polar surface area (TPSA) is 104 Å². The summed E-state index contributed by atoms with van der Waals surface area (Å²) in [5.41, 5.74) is 5.26. The smallest absolute Gasteiger partial charge is 0.270 e. The first-order chi connectivity index (χ1) is 9.58. The first kappa shape index (κ1) is 14.5. The molecule has 4 N–H and O–H groups in total. The van der Waals surface area contributed by atoms with Gasteiger partial charge in [-0.25, -0.2) is 4.98 Å². The normalized spacial score (nSPS) is 17.1. The van der Waals surface area contributed by atoms with Gasteiger partial charge in [-0.1, -0.05) is 6.92 Å². The largest absolute Gasteiger partial charge is 0.364 e. The molecule has 2 heterocycles. The number of hydrogen-bond acceptors (Lipinski definition) is 4. The number of imidazole rings is 1. The van der Waals surface area contributed by atoms with Gasteiger partial charge in [0, 0.05) is 13.1 Å². The maximum absolute atomic E-state index is 11.9. The van der Waals surface area contributed by atoms with Crippen molar-refractivity contribution in [3.05, 3.63) is 17.7 Å². The van der Waals surface area contributed by atoms with Gasteiger partial charge < -0.3 is 20.9 Å². The summed E-state index contributed by atoms with van der Waals surface area (Å²) in [5.74, 6) is -0.257. The molecule has 2 rings (SSSR count). The van der Waals surface area contributed by atoms with Gasteiger partial charge in [0.05, 0.1) is 6.33 Å². The number of nitrogens with zero attached hydrogens (tertiary/aromatic N) is 2. The zero-order chi connectivity index (χ0) is 14.5. The van der Waals surface area contributed by atoms with Crippen molar-refractivity contribution < 1.29 is 9.59 Å². The van der Waals surface area contributed by atoms with Gasteiger partial charge in [-0.2, -0.15) is 0 Å². The second kappa shape index (κ2) is 6.51. The second-order valence-corrected chi connectivity index (χ2v) is 5.27. The lowest BCUT2D eigenvalue weighted by Crippen LogP contribution is -2.39. The van der Waals surface area contributed by atoms with E-state index in [0.717, 1.165) is 25.6 Å². The number of piperidine rings is 1. The highest BCUT2D eigenvalue weighted by molar-refractivity contribution is 6.04. The molecule has 1 saturated heterocycles. The fourth-order valence-corrected chi connectivity index (χ4v) is 2.36. The number of amides is 2. The van der Waals surface area contributed by atoms with E-state index in [2.05, 4.69) is 27.1 Å². The van der Waals surface area contributed by atoms with Crippen LogP contribution >= 0.6 is 0 Å². The van der Waals surface area contributed by atoms with Crippen molar-refractivity contribution in [2.75, 3.05) is 26.2 Å². The number of carbonyl (C=O) groups excluding carboxylic acids is 2. The van der Waals surface area contributed by atoms with Crippen LogP contribution in [0.4, 0.5) is 0 Å². The Balaban J connectivity index is 1.78. The van der Waals surface area contributed by atoms with Gasteiger partial charge in [0.25, 0.3) is 11.8 Å². The van der Waals surface area contributed by atoms with E-state index in [1.165, 1.54) is 19.2 Å². The van der Waals surface area contributed by atoms with E-state index in [1.54, 1.807) is 0 Å². The van der Waals surface area contributed by atoms with Crippen LogP contribution in [0.3, 0.4) is 0 Å². The van der Waals surface area contributed by atoms with Gasteiger partial charge in [-0.3, -0.25) is 9.59 Å². The number of aromatic amines is 1. The molecule has 1 aromatic heterocycles. The Morgan fingerprint density at radius 3 is 2.85 bits per heavy atom. The summed E-state index contributed by atoms with van der Waals surface area (Å²) < 4.78 is 0. The monoisotopic (exact) mass is 279 g/mol. The van der Waals surface area contributed by atoms with Crippen LogP contribution in [-0.2, 0) is 0 Å². The highest BCUT2D eigenvalue weighted by Gasteiger charge is 2.19. The van der Waals surface area contributed by atoms with Crippen molar-refractivity contribution in [1.29, 1.82) is 0 Å². The van der Waals surface area contributed by atoms with Gasteiger partial charge >= 0.3 is 0 Å². The van der Waals surface area contributed by atoms with E-state index in [9.17, 15) is 9.59 Å². The number of nitrogens with one attached hydrogen (secondary N) is 2. The Bertz CT molecular complexity index is 477. The van der Waals surface area contributed by atoms with Crippen LogP contribution in [0.25, 0.3) is 0 Å². The molecule has 2 amide bonds. The van der Waals surface area contributed by atoms with Crippen molar-refractivity contribution in [3.8, 4) is 0 Å². The predicted molar refractivity (Wildman–Crippen MR) is 74.3 cm³/mol. The molecular formula is C13H21N5O2. The van der Waals surface area contributed by atoms with Gasteiger partial charge in [-0.05, 0) is 31.8 Å². The third-order valence-corrected chi connectivity index (χ3v) is 3.69. The molecule has 0 saturated carbocycles. The highest BCUT2D eigenvalue weighted by atomic mass is 16.2. The summed E-state index contributed by atoms with van der Waals surface area (Å²) in [6.07, 6.45) is 3.71. The van der Waals surface area contributed by atoms with Gasteiger partial charge in [0.15, 0.2) is 5.69 Å². The molecule has 0 bridgehead atoms. The summed E-state index contributed by atoms with van der Waals surface area (Å²) in [4.78, 5) is 31.7. The van der Waals surface area contributed by atoms with E-state index < -0.39 is 5.91 Å². The zero-order valence-electron chi connectivity index (χ0n) is 11.7. The van der Waals surface area contributed by atoms with E-state index in [1.807, 2.05) is 0 Å². The predicted octanol–water partition coefficient (Wildman–Crippen LogP) is -0.0297. The number of likely N-dealkylation sites (tertiary alicyclic amines) is 1. The molecule has 0 spiro atoms. The fourth-order valence-electron chi connectivity index (χ4n) is 2.36. The Hall–Kier alpha value is -1.89. The summed E-state index contributed by atoms with van der Waals surface area (Å²) in [7, 11) is 0. The first-order valence-corrected chi connectivity index (χ1v) is 6.91. The summed E-state index contributed by atoms with van der Waals surface area (Å²) in [6.45, 7) is 5.78. The molecule has 0 aliphatic carbocycles. The Labute approximate surface area is 117 Å². The molecule has 20 heavy (non-hydrogen) atoms. The average Bonchev–Trinajstić information content (AvgIpc) is 2.90.